The highest BCUT2D eigenvalue weighted by atomic mass is 16.6. The van der Waals surface area contributed by atoms with Crippen molar-refractivity contribution in [1.82, 2.24) is 0 Å². The van der Waals surface area contributed by atoms with Crippen LogP contribution in [-0.4, -0.2) is 34.7 Å². The van der Waals surface area contributed by atoms with Crippen LogP contribution in [0.1, 0.15) is 77.2 Å². The van der Waals surface area contributed by atoms with Crippen LogP contribution >= 0.6 is 0 Å². The highest BCUT2D eigenvalue weighted by Crippen LogP contribution is 2.67. The Morgan fingerprint density at radius 2 is 1.80 bits per heavy atom. The second-order valence-electron chi connectivity index (χ2n) is 12.3. The van der Waals surface area contributed by atoms with Crippen molar-refractivity contribution in [2.45, 2.75) is 83.8 Å². The highest BCUT2D eigenvalue weighted by molar-refractivity contribution is 5.94. The summed E-state index contributed by atoms with van der Waals surface area (Å²) >= 11 is 0. The fourth-order valence-electron chi connectivity index (χ4n) is 8.99. The lowest BCUT2D eigenvalue weighted by atomic mass is 9.47. The number of hydrogen-bond donors (Lipinski definition) is 1. The molecular weight excluding hydrogens is 440 g/mol. The predicted molar refractivity (Wildman–Crippen MR) is 135 cm³/mol. The molecule has 188 valence electrons. The first-order valence-electron chi connectivity index (χ1n) is 13.6. The van der Waals surface area contributed by atoms with E-state index in [1.807, 2.05) is 0 Å². The Balaban J connectivity index is 1.20. The summed E-state index contributed by atoms with van der Waals surface area (Å²) in [5, 5.41) is 21.3. The summed E-state index contributed by atoms with van der Waals surface area (Å²) in [6, 6.07) is 6.60. The Hall–Kier alpha value is -2.21. The first-order valence-corrected chi connectivity index (χ1v) is 13.6. The molecule has 3 fully saturated rings. The summed E-state index contributed by atoms with van der Waals surface area (Å²) in [5.74, 6) is 3.40. The van der Waals surface area contributed by atoms with E-state index in [2.05, 4.69) is 24.9 Å². The summed E-state index contributed by atoms with van der Waals surface area (Å²) in [7, 11) is 0. The van der Waals surface area contributed by atoms with E-state index in [1.54, 1.807) is 12.1 Å². The largest absolute Gasteiger partial charge is 0.474 e. The van der Waals surface area contributed by atoms with E-state index in [0.29, 0.717) is 17.2 Å². The molecule has 1 aliphatic heterocycles. The number of nitrogens with zero attached hydrogens (tertiary/aromatic N) is 2. The van der Waals surface area contributed by atoms with E-state index in [9.17, 15) is 15.2 Å². The predicted octanol–water partition coefficient (Wildman–Crippen LogP) is 6.07. The van der Waals surface area contributed by atoms with Crippen LogP contribution in [0.15, 0.2) is 40.9 Å². The number of non-ortho nitro benzene ring substituents is 1. The van der Waals surface area contributed by atoms with Gasteiger partial charge in [0.15, 0.2) is 0 Å². The van der Waals surface area contributed by atoms with Crippen LogP contribution in [-0.2, 0) is 4.74 Å². The van der Waals surface area contributed by atoms with Crippen LogP contribution in [0.25, 0.3) is 0 Å². The second-order valence-corrected chi connectivity index (χ2v) is 12.3. The number of aliphatic imine (C=N–C) groups is 1. The van der Waals surface area contributed by atoms with Crippen LogP contribution in [0.4, 0.5) is 5.69 Å². The third kappa shape index (κ3) is 3.66. The number of ether oxygens (including phenoxy) is 1. The Morgan fingerprint density at radius 1 is 1.03 bits per heavy atom. The van der Waals surface area contributed by atoms with Gasteiger partial charge in [-0.25, -0.2) is 0 Å². The smallest absolute Gasteiger partial charge is 0.269 e. The van der Waals surface area contributed by atoms with E-state index in [4.69, 9.17) is 4.74 Å². The van der Waals surface area contributed by atoms with Crippen molar-refractivity contribution in [1.29, 1.82) is 0 Å². The van der Waals surface area contributed by atoms with Crippen molar-refractivity contribution in [2.24, 2.45) is 39.5 Å². The molecule has 1 N–H and O–H groups in total. The number of hydrogen-bond acceptors (Lipinski definition) is 5. The number of nitro groups is 1. The van der Waals surface area contributed by atoms with E-state index >= 15 is 0 Å². The van der Waals surface area contributed by atoms with Crippen molar-refractivity contribution < 1.29 is 14.8 Å². The van der Waals surface area contributed by atoms with Crippen molar-refractivity contribution in [3.8, 4) is 0 Å². The topological polar surface area (TPSA) is 85.0 Å². The van der Waals surface area contributed by atoms with Gasteiger partial charge in [-0.2, -0.15) is 0 Å². The fraction of sp³-hybridized carbons (Fsp3) is 0.690. The molecule has 0 aromatic heterocycles. The van der Waals surface area contributed by atoms with Crippen LogP contribution in [0, 0.1) is 44.6 Å². The lowest BCUT2D eigenvalue weighted by Crippen LogP contribution is -2.51. The molecule has 0 amide bonds. The van der Waals surface area contributed by atoms with Crippen LogP contribution in [0.3, 0.4) is 0 Å². The highest BCUT2D eigenvalue weighted by Gasteiger charge is 2.60. The molecule has 6 heteroatoms. The van der Waals surface area contributed by atoms with E-state index < -0.39 is 0 Å². The van der Waals surface area contributed by atoms with Crippen molar-refractivity contribution in [3.63, 3.8) is 0 Å². The van der Waals surface area contributed by atoms with Crippen molar-refractivity contribution in [3.05, 3.63) is 51.6 Å². The van der Waals surface area contributed by atoms with Gasteiger partial charge in [0.05, 0.1) is 11.0 Å². The zero-order valence-electron chi connectivity index (χ0n) is 21.0. The first-order chi connectivity index (χ1) is 16.8. The maximum atomic E-state index is 11.0. The number of allylic oxidation sites excluding steroid dienone is 1. The summed E-state index contributed by atoms with van der Waals surface area (Å²) < 4.78 is 6.56. The molecule has 0 spiro atoms. The standard InChI is InChI=1S/C29H38N2O4/c1-28-14-11-21(32)17-19(28)5-8-22-23-9-10-25(29(23,2)15-12-24(22)28)26-13-16-30-27(35-26)18-3-6-20(7-4-18)31(33)34/h3-7,21-26,32H,8-17H2,1-2H3/t21-,22-,23-,24-,25+,26+,28-,29-/m0/s1. The van der Waals surface area contributed by atoms with Gasteiger partial charge in [-0.05, 0) is 92.1 Å². The number of aliphatic hydroxyl groups excluding tert-OH is 1. The van der Waals surface area contributed by atoms with Gasteiger partial charge in [0.25, 0.3) is 5.69 Å². The lowest BCUT2D eigenvalue weighted by Gasteiger charge is -2.58. The lowest BCUT2D eigenvalue weighted by molar-refractivity contribution is -0.384. The molecule has 6 rings (SSSR count). The number of benzene rings is 1. The molecule has 5 aliphatic rings. The minimum atomic E-state index is -0.370. The van der Waals surface area contributed by atoms with E-state index in [0.717, 1.165) is 55.5 Å². The molecule has 8 atom stereocenters. The molecule has 0 saturated heterocycles. The van der Waals surface area contributed by atoms with Gasteiger partial charge in [-0.3, -0.25) is 15.1 Å². The number of aliphatic hydroxyl groups is 1. The van der Waals surface area contributed by atoms with Gasteiger partial charge in [0.2, 0.25) is 5.90 Å². The molecule has 4 aliphatic carbocycles. The molecule has 0 unspecified atom stereocenters. The number of rotatable bonds is 3. The average Bonchev–Trinajstić information content (AvgIpc) is 3.22. The van der Waals surface area contributed by atoms with Gasteiger partial charge in [0.1, 0.15) is 6.10 Å². The molecule has 3 saturated carbocycles. The van der Waals surface area contributed by atoms with Crippen LogP contribution in [0.2, 0.25) is 0 Å². The quantitative estimate of drug-likeness (QED) is 0.325. The Morgan fingerprint density at radius 3 is 2.57 bits per heavy atom. The minimum Gasteiger partial charge on any atom is -0.474 e. The third-order valence-electron chi connectivity index (χ3n) is 10.9. The molecule has 1 aromatic carbocycles. The summed E-state index contributed by atoms with van der Waals surface area (Å²) in [6.07, 6.45) is 12.7. The van der Waals surface area contributed by atoms with Crippen molar-refractivity contribution >= 4 is 11.6 Å². The van der Waals surface area contributed by atoms with E-state index in [-0.39, 0.29) is 28.2 Å². The van der Waals surface area contributed by atoms with Crippen LogP contribution in [0.5, 0.6) is 0 Å². The molecular formula is C29H38N2O4. The molecule has 0 bridgehead atoms. The second kappa shape index (κ2) is 8.43. The zero-order chi connectivity index (χ0) is 24.4. The molecule has 6 nitrogen and oxygen atoms in total. The maximum Gasteiger partial charge on any atom is 0.269 e. The van der Waals surface area contributed by atoms with Gasteiger partial charge < -0.3 is 9.84 Å². The Labute approximate surface area is 208 Å². The monoisotopic (exact) mass is 478 g/mol. The van der Waals surface area contributed by atoms with Gasteiger partial charge in [0, 0.05) is 36.6 Å². The summed E-state index contributed by atoms with van der Waals surface area (Å²) in [4.78, 5) is 15.3. The minimum absolute atomic E-state index is 0.0930. The van der Waals surface area contributed by atoms with Crippen LogP contribution < -0.4 is 0 Å². The maximum absolute atomic E-state index is 11.0. The van der Waals surface area contributed by atoms with E-state index in [1.165, 1.54) is 49.8 Å². The molecule has 35 heavy (non-hydrogen) atoms. The number of nitro benzene ring substituents is 1. The number of fused-ring (bicyclic) bond motifs is 5. The van der Waals surface area contributed by atoms with Gasteiger partial charge in [-0.1, -0.05) is 25.5 Å². The Bertz CT molecular complexity index is 1060. The van der Waals surface area contributed by atoms with Crippen molar-refractivity contribution in [2.75, 3.05) is 6.54 Å². The first kappa shape index (κ1) is 23.2. The summed E-state index contributed by atoms with van der Waals surface area (Å²) in [6.45, 7) is 5.79. The van der Waals surface area contributed by atoms with Gasteiger partial charge in [-0.15, -0.1) is 0 Å². The normalized spacial score (nSPS) is 42.6. The third-order valence-corrected chi connectivity index (χ3v) is 10.9. The Kier molecular flexibility index (Phi) is 5.59. The van der Waals surface area contributed by atoms with Gasteiger partial charge >= 0.3 is 0 Å². The fourth-order valence-corrected chi connectivity index (χ4v) is 8.99. The zero-order valence-corrected chi connectivity index (χ0v) is 21.0. The summed E-state index contributed by atoms with van der Waals surface area (Å²) in [5.41, 5.74) is 3.03. The average molecular weight is 479 g/mol. The SMILES string of the molecule is C[C@]12CC[C@H]3[C@@H](CC=C4C[C@@H](O)CC[C@@]43C)[C@@H]1CC[C@@H]2[C@H]1CCN=C(c2ccc([N+](=O)[O-])cc2)O1. The molecule has 0 radical (unpaired) electrons. The molecule has 1 heterocycles. The molecule has 1 aromatic rings.